The van der Waals surface area contributed by atoms with Crippen molar-refractivity contribution >= 4 is 17.9 Å². The first kappa shape index (κ1) is 64.8. The molecule has 0 rings (SSSR count). The Morgan fingerprint density at radius 1 is 0.309 bits per heavy atom. The van der Waals surface area contributed by atoms with E-state index in [2.05, 4.69) is 93.7 Å². The van der Waals surface area contributed by atoms with Crippen molar-refractivity contribution in [2.45, 2.75) is 290 Å². The molecule has 6 nitrogen and oxygen atoms in total. The molecular formula is C62H108O6. The molecule has 0 heterocycles. The zero-order chi connectivity index (χ0) is 49.3. The second-order valence-corrected chi connectivity index (χ2v) is 19.2. The van der Waals surface area contributed by atoms with Crippen LogP contribution in [0.15, 0.2) is 72.9 Å². The quantitative estimate of drug-likeness (QED) is 0.0262. The fourth-order valence-electron chi connectivity index (χ4n) is 8.12. The number of carbonyl (C=O) groups excluding carboxylic acids is 3. The van der Waals surface area contributed by atoms with Crippen LogP contribution in [0.25, 0.3) is 0 Å². The first-order valence-corrected chi connectivity index (χ1v) is 28.9. The third-order valence-corrected chi connectivity index (χ3v) is 12.4. The van der Waals surface area contributed by atoms with Crippen molar-refractivity contribution in [2.75, 3.05) is 13.2 Å². The van der Waals surface area contributed by atoms with Crippen LogP contribution < -0.4 is 0 Å². The van der Waals surface area contributed by atoms with Crippen LogP contribution in [-0.2, 0) is 28.6 Å². The van der Waals surface area contributed by atoms with Crippen LogP contribution in [0, 0.1) is 0 Å². The molecule has 68 heavy (non-hydrogen) atoms. The van der Waals surface area contributed by atoms with Gasteiger partial charge in [-0.2, -0.15) is 0 Å². The van der Waals surface area contributed by atoms with E-state index in [1.54, 1.807) is 0 Å². The van der Waals surface area contributed by atoms with E-state index >= 15 is 0 Å². The Morgan fingerprint density at radius 3 is 0.956 bits per heavy atom. The minimum atomic E-state index is -0.779. The Bertz CT molecular complexity index is 1270. The molecule has 0 N–H and O–H groups in total. The summed E-state index contributed by atoms with van der Waals surface area (Å²) in [6, 6.07) is 0. The van der Waals surface area contributed by atoms with Gasteiger partial charge in [-0.05, 0) is 83.5 Å². The summed E-state index contributed by atoms with van der Waals surface area (Å²) in [6.45, 7) is 6.45. The van der Waals surface area contributed by atoms with E-state index in [0.29, 0.717) is 19.3 Å². The average molecular weight is 950 g/mol. The highest BCUT2D eigenvalue weighted by molar-refractivity contribution is 5.71. The Balaban J connectivity index is 4.17. The van der Waals surface area contributed by atoms with Crippen molar-refractivity contribution in [3.63, 3.8) is 0 Å². The van der Waals surface area contributed by atoms with Gasteiger partial charge in [0.15, 0.2) is 6.10 Å². The standard InChI is InChI=1S/C62H108O6/c1-4-7-10-13-16-19-22-24-25-26-27-28-29-30-31-32-33-34-35-36-37-39-40-43-46-49-52-55-61(64)67-58-59(57-66-60(63)54-51-48-45-42-21-18-15-12-9-6-3)68-62(65)56-53-50-47-44-41-38-23-20-17-14-11-8-5-2/h7,10-11,14,16,19-20,23-25,27-28,59H,4-6,8-9,12-13,15,17-18,21-22,26,29-58H2,1-3H3/b10-7-,14-11-,19-16-,23-20-,25-24-,28-27-. The number of hydrogen-bond donors (Lipinski definition) is 0. The van der Waals surface area contributed by atoms with Gasteiger partial charge in [-0.25, -0.2) is 0 Å². The van der Waals surface area contributed by atoms with Gasteiger partial charge in [-0.3, -0.25) is 14.4 Å². The predicted molar refractivity (Wildman–Crippen MR) is 293 cm³/mol. The van der Waals surface area contributed by atoms with Gasteiger partial charge < -0.3 is 14.2 Å². The van der Waals surface area contributed by atoms with Gasteiger partial charge in [-0.1, -0.05) is 254 Å². The molecule has 0 aromatic rings. The number of allylic oxidation sites excluding steroid dienone is 12. The third kappa shape index (κ3) is 53.8. The maximum atomic E-state index is 12.8. The molecule has 0 aliphatic heterocycles. The van der Waals surface area contributed by atoms with E-state index in [9.17, 15) is 14.4 Å². The molecule has 0 amide bonds. The van der Waals surface area contributed by atoms with Crippen molar-refractivity contribution in [3.05, 3.63) is 72.9 Å². The van der Waals surface area contributed by atoms with Crippen molar-refractivity contribution < 1.29 is 28.6 Å². The molecule has 0 spiro atoms. The minimum absolute atomic E-state index is 0.0781. The first-order valence-electron chi connectivity index (χ1n) is 28.9. The molecule has 392 valence electrons. The van der Waals surface area contributed by atoms with Crippen LogP contribution in [-0.4, -0.2) is 37.2 Å². The monoisotopic (exact) mass is 949 g/mol. The van der Waals surface area contributed by atoms with Crippen LogP contribution >= 0.6 is 0 Å². The summed E-state index contributed by atoms with van der Waals surface area (Å²) >= 11 is 0. The van der Waals surface area contributed by atoms with Crippen molar-refractivity contribution in [1.82, 2.24) is 0 Å². The molecule has 0 aliphatic carbocycles. The topological polar surface area (TPSA) is 78.9 Å². The van der Waals surface area contributed by atoms with Crippen LogP contribution in [0.2, 0.25) is 0 Å². The lowest BCUT2D eigenvalue weighted by Crippen LogP contribution is -2.30. The van der Waals surface area contributed by atoms with Gasteiger partial charge in [0.2, 0.25) is 0 Å². The van der Waals surface area contributed by atoms with Crippen molar-refractivity contribution in [1.29, 1.82) is 0 Å². The normalized spacial score (nSPS) is 12.6. The second kappa shape index (κ2) is 56.4. The fraction of sp³-hybridized carbons (Fsp3) is 0.758. The zero-order valence-electron chi connectivity index (χ0n) is 44.9. The molecule has 0 radical (unpaired) electrons. The SMILES string of the molecule is CC/C=C\C/C=C\C/C=C\C/C=C\CCCCCCCCCCCCCCCCC(=O)OCC(COC(=O)CCCCCCCCCCCC)OC(=O)CCCCCCC/C=C\C/C=C\CCC. The Labute approximate surface area is 421 Å². The van der Waals surface area contributed by atoms with Crippen molar-refractivity contribution in [2.24, 2.45) is 0 Å². The minimum Gasteiger partial charge on any atom is -0.462 e. The maximum absolute atomic E-state index is 12.8. The van der Waals surface area contributed by atoms with E-state index in [-0.39, 0.29) is 31.1 Å². The lowest BCUT2D eigenvalue weighted by molar-refractivity contribution is -0.167. The molecule has 0 fully saturated rings. The number of ether oxygens (including phenoxy) is 3. The maximum Gasteiger partial charge on any atom is 0.306 e. The van der Waals surface area contributed by atoms with Crippen molar-refractivity contribution in [3.8, 4) is 0 Å². The highest BCUT2D eigenvalue weighted by atomic mass is 16.6. The Morgan fingerprint density at radius 2 is 0.603 bits per heavy atom. The first-order chi connectivity index (χ1) is 33.5. The summed E-state index contributed by atoms with van der Waals surface area (Å²) in [5.74, 6) is -0.887. The average Bonchev–Trinajstić information content (AvgIpc) is 3.34. The van der Waals surface area contributed by atoms with Crippen LogP contribution in [0.1, 0.15) is 284 Å². The molecule has 0 saturated heterocycles. The van der Waals surface area contributed by atoms with Gasteiger partial charge in [0.1, 0.15) is 13.2 Å². The van der Waals surface area contributed by atoms with Crippen LogP contribution in [0.3, 0.4) is 0 Å². The summed E-state index contributed by atoms with van der Waals surface area (Å²) in [5.41, 5.74) is 0. The second-order valence-electron chi connectivity index (χ2n) is 19.2. The lowest BCUT2D eigenvalue weighted by Gasteiger charge is -2.18. The van der Waals surface area contributed by atoms with E-state index < -0.39 is 6.10 Å². The Kier molecular flexibility index (Phi) is 53.8. The number of rotatable bonds is 52. The van der Waals surface area contributed by atoms with Gasteiger partial charge in [0.25, 0.3) is 0 Å². The molecule has 0 bridgehead atoms. The highest BCUT2D eigenvalue weighted by Crippen LogP contribution is 2.16. The molecule has 0 saturated carbocycles. The molecule has 0 aromatic carbocycles. The van der Waals surface area contributed by atoms with E-state index in [4.69, 9.17) is 14.2 Å². The van der Waals surface area contributed by atoms with Crippen LogP contribution in [0.5, 0.6) is 0 Å². The van der Waals surface area contributed by atoms with E-state index in [0.717, 1.165) is 116 Å². The predicted octanol–water partition coefficient (Wildman–Crippen LogP) is 19.4. The largest absolute Gasteiger partial charge is 0.462 e. The zero-order valence-corrected chi connectivity index (χ0v) is 44.9. The van der Waals surface area contributed by atoms with Crippen LogP contribution in [0.4, 0.5) is 0 Å². The number of unbranched alkanes of at least 4 members (excludes halogenated alkanes) is 29. The molecular weight excluding hydrogens is 841 g/mol. The Hall–Kier alpha value is -3.15. The molecule has 6 heteroatoms. The molecule has 1 atom stereocenters. The summed E-state index contributed by atoms with van der Waals surface area (Å²) in [6.07, 6.45) is 71.9. The third-order valence-electron chi connectivity index (χ3n) is 12.4. The number of carbonyl (C=O) groups is 3. The molecule has 0 aliphatic rings. The fourth-order valence-corrected chi connectivity index (χ4v) is 8.12. The van der Waals surface area contributed by atoms with Gasteiger partial charge >= 0.3 is 17.9 Å². The summed E-state index contributed by atoms with van der Waals surface area (Å²) in [7, 11) is 0. The number of esters is 3. The molecule has 0 aromatic heterocycles. The van der Waals surface area contributed by atoms with Gasteiger partial charge in [0, 0.05) is 19.3 Å². The summed E-state index contributed by atoms with van der Waals surface area (Å²) in [4.78, 5) is 38.0. The lowest BCUT2D eigenvalue weighted by atomic mass is 10.0. The summed E-state index contributed by atoms with van der Waals surface area (Å²) < 4.78 is 16.8. The van der Waals surface area contributed by atoms with Gasteiger partial charge in [0.05, 0.1) is 0 Å². The highest BCUT2D eigenvalue weighted by Gasteiger charge is 2.19. The number of hydrogen-bond acceptors (Lipinski definition) is 6. The van der Waals surface area contributed by atoms with Gasteiger partial charge in [-0.15, -0.1) is 0 Å². The molecule has 1 unspecified atom stereocenters. The van der Waals surface area contributed by atoms with E-state index in [1.807, 2.05) is 0 Å². The summed E-state index contributed by atoms with van der Waals surface area (Å²) in [5, 5.41) is 0. The smallest absolute Gasteiger partial charge is 0.306 e. The van der Waals surface area contributed by atoms with E-state index in [1.165, 1.54) is 128 Å².